The average molecular weight is 259 g/mol. The summed E-state index contributed by atoms with van der Waals surface area (Å²) < 4.78 is 10.6. The molecule has 6 heteroatoms. The van der Waals surface area contributed by atoms with Crippen LogP contribution in [0.5, 0.6) is 0 Å². The lowest BCUT2D eigenvalue weighted by Crippen LogP contribution is -2.40. The summed E-state index contributed by atoms with van der Waals surface area (Å²) in [6.45, 7) is 4.92. The van der Waals surface area contributed by atoms with Crippen molar-refractivity contribution >= 4 is 11.9 Å². The lowest BCUT2D eigenvalue weighted by Gasteiger charge is -2.18. The predicted molar refractivity (Wildman–Crippen MR) is 64.2 cm³/mol. The number of hydrogen-bond donors (Lipinski definition) is 2. The van der Waals surface area contributed by atoms with Gasteiger partial charge in [-0.05, 0) is 20.3 Å². The number of hydrogen-bond acceptors (Lipinski definition) is 4. The molecule has 0 aromatic rings. The van der Waals surface area contributed by atoms with Gasteiger partial charge in [0.15, 0.2) is 0 Å². The number of amides is 1. The smallest absolute Gasteiger partial charge is 0.306 e. The maximum Gasteiger partial charge on any atom is 0.306 e. The lowest BCUT2D eigenvalue weighted by atomic mass is 10.0. The zero-order valence-electron chi connectivity index (χ0n) is 10.8. The summed E-state index contributed by atoms with van der Waals surface area (Å²) in [6, 6.07) is 0. The van der Waals surface area contributed by atoms with Gasteiger partial charge in [0.05, 0.1) is 24.5 Å². The number of nitrogens with one attached hydrogen (secondary N) is 1. The Kier molecular flexibility index (Phi) is 6.07. The van der Waals surface area contributed by atoms with E-state index >= 15 is 0 Å². The highest BCUT2D eigenvalue weighted by Gasteiger charge is 2.30. The fourth-order valence-corrected chi connectivity index (χ4v) is 2.04. The monoisotopic (exact) mass is 259 g/mol. The van der Waals surface area contributed by atoms with Crippen LogP contribution in [0, 0.1) is 5.92 Å². The Morgan fingerprint density at radius 1 is 1.56 bits per heavy atom. The van der Waals surface area contributed by atoms with Crippen molar-refractivity contribution < 1.29 is 24.2 Å². The molecule has 0 bridgehead atoms. The van der Waals surface area contributed by atoms with Gasteiger partial charge in [0.2, 0.25) is 5.91 Å². The molecular formula is C12H21NO5. The summed E-state index contributed by atoms with van der Waals surface area (Å²) in [4.78, 5) is 22.5. The molecule has 1 rings (SSSR count). The van der Waals surface area contributed by atoms with Crippen LogP contribution in [0.15, 0.2) is 0 Å². The summed E-state index contributed by atoms with van der Waals surface area (Å²) in [7, 11) is 0. The van der Waals surface area contributed by atoms with Crippen molar-refractivity contribution in [3.63, 3.8) is 0 Å². The van der Waals surface area contributed by atoms with E-state index in [2.05, 4.69) is 5.32 Å². The molecule has 104 valence electrons. The molecule has 1 aliphatic rings. The molecule has 0 radical (unpaired) electrons. The highest BCUT2D eigenvalue weighted by molar-refractivity contribution is 5.79. The Morgan fingerprint density at radius 2 is 2.28 bits per heavy atom. The van der Waals surface area contributed by atoms with Crippen LogP contribution in [0.2, 0.25) is 0 Å². The molecule has 1 heterocycles. The SMILES string of the molecule is CCOC(CNC(=O)C1CCOC1C)CC(=O)O. The van der Waals surface area contributed by atoms with E-state index in [1.165, 1.54) is 0 Å². The maximum absolute atomic E-state index is 11.9. The molecule has 18 heavy (non-hydrogen) atoms. The van der Waals surface area contributed by atoms with Crippen molar-refractivity contribution in [1.82, 2.24) is 5.32 Å². The summed E-state index contributed by atoms with van der Waals surface area (Å²) in [5, 5.41) is 11.5. The minimum absolute atomic E-state index is 0.0741. The highest BCUT2D eigenvalue weighted by Crippen LogP contribution is 2.20. The Bertz CT molecular complexity index is 294. The highest BCUT2D eigenvalue weighted by atomic mass is 16.5. The van der Waals surface area contributed by atoms with E-state index in [4.69, 9.17) is 14.6 Å². The van der Waals surface area contributed by atoms with Crippen molar-refractivity contribution in [3.05, 3.63) is 0 Å². The van der Waals surface area contributed by atoms with Crippen molar-refractivity contribution in [2.24, 2.45) is 5.92 Å². The minimum Gasteiger partial charge on any atom is -0.481 e. The lowest BCUT2D eigenvalue weighted by molar-refractivity contribution is -0.140. The molecule has 0 saturated carbocycles. The maximum atomic E-state index is 11.9. The molecule has 0 aromatic heterocycles. The van der Waals surface area contributed by atoms with Gasteiger partial charge in [-0.15, -0.1) is 0 Å². The Balaban J connectivity index is 2.36. The molecule has 0 aliphatic carbocycles. The topological polar surface area (TPSA) is 84.9 Å². The number of carboxylic acid groups (broad SMARTS) is 1. The molecular weight excluding hydrogens is 238 g/mol. The first kappa shape index (κ1) is 14.9. The average Bonchev–Trinajstić information content (AvgIpc) is 2.71. The summed E-state index contributed by atoms with van der Waals surface area (Å²) in [5.74, 6) is -1.16. The number of carboxylic acids is 1. The van der Waals surface area contributed by atoms with Crippen LogP contribution in [0.25, 0.3) is 0 Å². The van der Waals surface area contributed by atoms with Gasteiger partial charge in [-0.3, -0.25) is 9.59 Å². The molecule has 1 fully saturated rings. The van der Waals surface area contributed by atoms with Crippen LogP contribution < -0.4 is 5.32 Å². The third kappa shape index (κ3) is 4.62. The van der Waals surface area contributed by atoms with Crippen LogP contribution in [-0.2, 0) is 19.1 Å². The van der Waals surface area contributed by atoms with E-state index < -0.39 is 12.1 Å². The van der Waals surface area contributed by atoms with Crippen LogP contribution >= 0.6 is 0 Å². The molecule has 0 aromatic carbocycles. The fraction of sp³-hybridized carbons (Fsp3) is 0.833. The van der Waals surface area contributed by atoms with Crippen LogP contribution in [0.3, 0.4) is 0 Å². The van der Waals surface area contributed by atoms with E-state index in [1.54, 1.807) is 6.92 Å². The molecule has 2 N–H and O–H groups in total. The van der Waals surface area contributed by atoms with E-state index in [0.717, 1.165) is 0 Å². The Morgan fingerprint density at radius 3 is 2.78 bits per heavy atom. The fourth-order valence-electron chi connectivity index (χ4n) is 2.04. The van der Waals surface area contributed by atoms with Crippen LogP contribution in [0.1, 0.15) is 26.7 Å². The molecule has 0 spiro atoms. The third-order valence-corrected chi connectivity index (χ3v) is 3.02. The standard InChI is InChI=1S/C12H21NO5/c1-3-17-9(6-11(14)15)7-13-12(16)10-4-5-18-8(10)2/h8-10H,3-7H2,1-2H3,(H,13,16)(H,14,15). The number of carbonyl (C=O) groups excluding carboxylic acids is 1. The first-order chi connectivity index (χ1) is 8.54. The van der Waals surface area contributed by atoms with Gasteiger partial charge < -0.3 is 19.9 Å². The first-order valence-corrected chi connectivity index (χ1v) is 6.27. The van der Waals surface area contributed by atoms with Gasteiger partial charge in [0.1, 0.15) is 0 Å². The number of aliphatic carboxylic acids is 1. The summed E-state index contributed by atoms with van der Waals surface area (Å²) >= 11 is 0. The largest absolute Gasteiger partial charge is 0.481 e. The van der Waals surface area contributed by atoms with Gasteiger partial charge in [-0.1, -0.05) is 0 Å². The second-order valence-corrected chi connectivity index (χ2v) is 4.39. The molecule has 1 aliphatic heterocycles. The number of ether oxygens (including phenoxy) is 2. The van der Waals surface area contributed by atoms with Crippen molar-refractivity contribution in [1.29, 1.82) is 0 Å². The second kappa shape index (κ2) is 7.33. The van der Waals surface area contributed by atoms with E-state index in [1.807, 2.05) is 6.92 Å². The van der Waals surface area contributed by atoms with Crippen molar-refractivity contribution in [2.75, 3.05) is 19.8 Å². The molecule has 1 saturated heterocycles. The van der Waals surface area contributed by atoms with Crippen LogP contribution in [-0.4, -0.2) is 48.9 Å². The van der Waals surface area contributed by atoms with Gasteiger partial charge in [-0.25, -0.2) is 0 Å². The summed E-state index contributed by atoms with van der Waals surface area (Å²) in [5.41, 5.74) is 0. The number of carbonyl (C=O) groups is 2. The van der Waals surface area contributed by atoms with Crippen molar-refractivity contribution in [3.8, 4) is 0 Å². The zero-order chi connectivity index (χ0) is 13.5. The summed E-state index contributed by atoms with van der Waals surface area (Å²) in [6.07, 6.45) is 0.0555. The van der Waals surface area contributed by atoms with Gasteiger partial charge in [-0.2, -0.15) is 0 Å². The molecule has 3 unspecified atom stereocenters. The minimum atomic E-state index is -0.930. The Labute approximate surface area is 107 Å². The van der Waals surface area contributed by atoms with Gasteiger partial charge >= 0.3 is 5.97 Å². The number of rotatable bonds is 7. The van der Waals surface area contributed by atoms with E-state index in [-0.39, 0.29) is 30.9 Å². The predicted octanol–water partition coefficient (Wildman–Crippen LogP) is 0.407. The van der Waals surface area contributed by atoms with Crippen molar-refractivity contribution in [2.45, 2.75) is 38.9 Å². The van der Waals surface area contributed by atoms with E-state index in [9.17, 15) is 9.59 Å². The van der Waals surface area contributed by atoms with Gasteiger partial charge in [0.25, 0.3) is 0 Å². The Hall–Kier alpha value is -1.14. The molecule has 3 atom stereocenters. The van der Waals surface area contributed by atoms with E-state index in [0.29, 0.717) is 19.6 Å². The van der Waals surface area contributed by atoms with Crippen LogP contribution in [0.4, 0.5) is 0 Å². The quantitative estimate of drug-likeness (QED) is 0.691. The zero-order valence-corrected chi connectivity index (χ0v) is 10.8. The second-order valence-electron chi connectivity index (χ2n) is 4.39. The molecule has 1 amide bonds. The third-order valence-electron chi connectivity index (χ3n) is 3.02. The normalized spacial score (nSPS) is 24.8. The first-order valence-electron chi connectivity index (χ1n) is 6.27. The van der Waals surface area contributed by atoms with Gasteiger partial charge in [0, 0.05) is 19.8 Å². The molecule has 6 nitrogen and oxygen atoms in total.